The van der Waals surface area contributed by atoms with Gasteiger partial charge < -0.3 is 20.3 Å². The molecule has 1 aromatic heterocycles. The van der Waals surface area contributed by atoms with Crippen molar-refractivity contribution in [2.75, 3.05) is 36.4 Å². The number of nitrogens with one attached hydrogen (secondary N) is 2. The molecule has 6 nitrogen and oxygen atoms in total. The van der Waals surface area contributed by atoms with Crippen molar-refractivity contribution in [1.29, 1.82) is 0 Å². The van der Waals surface area contributed by atoms with Crippen molar-refractivity contribution in [1.82, 2.24) is 10.3 Å². The number of aromatic nitrogens is 1. The quantitative estimate of drug-likeness (QED) is 0.677. The molecule has 1 saturated heterocycles. The molecule has 3 aromatic rings. The van der Waals surface area contributed by atoms with Crippen molar-refractivity contribution in [2.45, 2.75) is 13.8 Å². The number of nitrogens with zero attached hydrogens (tertiary/aromatic N) is 2. The summed E-state index contributed by atoms with van der Waals surface area (Å²) in [7, 11) is 0. The molecular weight excluding hydrogens is 376 g/mol. The number of hydrogen-bond donors (Lipinski definition) is 2. The predicted octanol–water partition coefficient (Wildman–Crippen LogP) is 4.13. The summed E-state index contributed by atoms with van der Waals surface area (Å²) in [4.78, 5) is 19.8. The first-order valence-electron chi connectivity index (χ1n) is 10.2. The van der Waals surface area contributed by atoms with Crippen LogP contribution in [0.1, 0.15) is 21.5 Å². The number of fused-ring (bicyclic) bond motifs is 2. The summed E-state index contributed by atoms with van der Waals surface area (Å²) in [6, 6.07) is 13.8. The number of hydrogen-bond acceptors (Lipinski definition) is 5. The molecule has 0 spiro atoms. The Morgan fingerprint density at radius 2 is 1.70 bits per heavy atom. The highest BCUT2D eigenvalue weighted by molar-refractivity contribution is 6.08. The lowest BCUT2D eigenvalue weighted by atomic mass is 10.0. The zero-order chi connectivity index (χ0) is 20.7. The van der Waals surface area contributed by atoms with Crippen molar-refractivity contribution in [3.63, 3.8) is 0 Å². The molecule has 30 heavy (non-hydrogen) atoms. The van der Waals surface area contributed by atoms with E-state index in [1.165, 1.54) is 0 Å². The van der Waals surface area contributed by atoms with Gasteiger partial charge in [0.25, 0.3) is 5.91 Å². The second-order valence-corrected chi connectivity index (χ2v) is 7.84. The molecule has 2 aliphatic heterocycles. The number of piperazine rings is 1. The molecule has 2 aliphatic rings. The highest BCUT2D eigenvalue weighted by Crippen LogP contribution is 2.39. The number of amides is 1. The minimum atomic E-state index is -0.162. The van der Waals surface area contributed by atoms with Gasteiger partial charge in [0.05, 0.1) is 11.3 Å². The highest BCUT2D eigenvalue weighted by atomic mass is 16.5. The van der Waals surface area contributed by atoms with Crippen molar-refractivity contribution in [3.8, 4) is 22.6 Å². The molecule has 0 bridgehead atoms. The Bertz CT molecular complexity index is 1140. The van der Waals surface area contributed by atoms with E-state index in [0.29, 0.717) is 22.7 Å². The third-order valence-electron chi connectivity index (χ3n) is 5.81. The molecule has 0 saturated carbocycles. The molecule has 6 heteroatoms. The Hall–Kier alpha value is -3.38. The lowest BCUT2D eigenvalue weighted by Crippen LogP contribution is -2.43. The zero-order valence-corrected chi connectivity index (χ0v) is 17.2. The van der Waals surface area contributed by atoms with Crippen LogP contribution in [0.25, 0.3) is 11.1 Å². The van der Waals surface area contributed by atoms with Gasteiger partial charge in [0.15, 0.2) is 5.75 Å². The lowest BCUT2D eigenvalue weighted by Gasteiger charge is -2.28. The smallest absolute Gasteiger partial charge is 0.259 e. The van der Waals surface area contributed by atoms with Crippen LogP contribution >= 0.6 is 0 Å². The average molecular weight is 400 g/mol. The molecule has 152 valence electrons. The first-order chi connectivity index (χ1) is 14.6. The topological polar surface area (TPSA) is 66.5 Å². The number of aryl methyl sites for hydroxylation is 2. The van der Waals surface area contributed by atoms with Crippen LogP contribution < -0.4 is 20.3 Å². The minimum Gasteiger partial charge on any atom is -0.454 e. The maximum absolute atomic E-state index is 12.9. The van der Waals surface area contributed by atoms with Gasteiger partial charge in [-0.2, -0.15) is 0 Å². The van der Waals surface area contributed by atoms with E-state index >= 15 is 0 Å². The van der Waals surface area contributed by atoms with Crippen LogP contribution in [0.2, 0.25) is 0 Å². The predicted molar refractivity (Wildman–Crippen MR) is 119 cm³/mol. The maximum atomic E-state index is 12.9. The Morgan fingerprint density at radius 1 is 0.933 bits per heavy atom. The summed E-state index contributed by atoms with van der Waals surface area (Å²) < 4.78 is 6.11. The van der Waals surface area contributed by atoms with E-state index in [1.54, 1.807) is 0 Å². The molecule has 2 N–H and O–H groups in total. The number of benzene rings is 2. The molecule has 1 amide bonds. The molecule has 0 unspecified atom stereocenters. The Kier molecular flexibility index (Phi) is 4.64. The molecule has 0 aliphatic carbocycles. The third-order valence-corrected chi connectivity index (χ3v) is 5.81. The minimum absolute atomic E-state index is 0.162. The first-order valence-corrected chi connectivity index (χ1v) is 10.2. The number of anilines is 2. The monoisotopic (exact) mass is 400 g/mol. The molecule has 0 atom stereocenters. The summed E-state index contributed by atoms with van der Waals surface area (Å²) in [5.74, 6) is 2.03. The van der Waals surface area contributed by atoms with Crippen LogP contribution in [-0.4, -0.2) is 37.1 Å². The summed E-state index contributed by atoms with van der Waals surface area (Å²) in [6.07, 6.45) is 1.83. The van der Waals surface area contributed by atoms with Crippen molar-refractivity contribution >= 4 is 17.4 Å². The summed E-state index contributed by atoms with van der Waals surface area (Å²) in [5.41, 5.74) is 5.46. The highest BCUT2D eigenvalue weighted by Gasteiger charge is 2.22. The Morgan fingerprint density at radius 3 is 2.53 bits per heavy atom. The fourth-order valence-electron chi connectivity index (χ4n) is 3.92. The number of carbonyl (C=O) groups excluding carboxylic acids is 1. The van der Waals surface area contributed by atoms with E-state index in [1.807, 2.05) is 56.4 Å². The molecule has 2 aromatic carbocycles. The molecule has 0 radical (unpaired) electrons. The number of pyridine rings is 1. The van der Waals surface area contributed by atoms with Gasteiger partial charge in [-0.3, -0.25) is 4.79 Å². The average Bonchev–Trinajstić information content (AvgIpc) is 2.90. The lowest BCUT2D eigenvalue weighted by molar-refractivity contribution is 0.102. The van der Waals surface area contributed by atoms with E-state index in [9.17, 15) is 4.79 Å². The van der Waals surface area contributed by atoms with Crippen LogP contribution in [0.4, 0.5) is 11.5 Å². The Balaban J connectivity index is 1.50. The fraction of sp³-hybridized carbons (Fsp3) is 0.250. The van der Waals surface area contributed by atoms with Crippen LogP contribution in [0.15, 0.2) is 48.7 Å². The van der Waals surface area contributed by atoms with Gasteiger partial charge >= 0.3 is 0 Å². The van der Waals surface area contributed by atoms with Gasteiger partial charge in [-0.15, -0.1) is 0 Å². The molecule has 1 fully saturated rings. The van der Waals surface area contributed by atoms with Crippen molar-refractivity contribution in [2.24, 2.45) is 0 Å². The second kappa shape index (κ2) is 7.46. The van der Waals surface area contributed by atoms with E-state index in [-0.39, 0.29) is 5.91 Å². The summed E-state index contributed by atoms with van der Waals surface area (Å²) in [6.45, 7) is 7.86. The summed E-state index contributed by atoms with van der Waals surface area (Å²) in [5, 5.41) is 6.36. The normalized spacial score (nSPS) is 15.5. The van der Waals surface area contributed by atoms with E-state index in [4.69, 9.17) is 4.74 Å². The van der Waals surface area contributed by atoms with Crippen LogP contribution in [0.3, 0.4) is 0 Å². The van der Waals surface area contributed by atoms with Crippen LogP contribution in [-0.2, 0) is 0 Å². The number of rotatable bonds is 2. The van der Waals surface area contributed by atoms with Gasteiger partial charge in [-0.25, -0.2) is 4.98 Å². The zero-order valence-electron chi connectivity index (χ0n) is 17.2. The molecule has 3 heterocycles. The third kappa shape index (κ3) is 3.39. The number of carbonyl (C=O) groups is 1. The first kappa shape index (κ1) is 18.6. The van der Waals surface area contributed by atoms with Crippen LogP contribution in [0, 0.1) is 13.8 Å². The van der Waals surface area contributed by atoms with Gasteiger partial charge in [0.1, 0.15) is 11.6 Å². The fourth-order valence-corrected chi connectivity index (χ4v) is 3.92. The van der Waals surface area contributed by atoms with Gasteiger partial charge in [0, 0.05) is 32.4 Å². The molecule has 5 rings (SSSR count). The summed E-state index contributed by atoms with van der Waals surface area (Å²) >= 11 is 0. The van der Waals surface area contributed by atoms with Crippen molar-refractivity contribution < 1.29 is 9.53 Å². The van der Waals surface area contributed by atoms with E-state index in [0.717, 1.165) is 54.3 Å². The second-order valence-electron chi connectivity index (χ2n) is 7.84. The maximum Gasteiger partial charge on any atom is 0.259 e. The van der Waals surface area contributed by atoms with Gasteiger partial charge in [-0.05, 0) is 72.5 Å². The molecular formula is C24H24N4O2. The van der Waals surface area contributed by atoms with E-state index in [2.05, 4.69) is 26.6 Å². The number of ether oxygens (including phenoxy) is 1. The largest absolute Gasteiger partial charge is 0.454 e. The standard InChI is InChI=1S/C24H24N4O2/c1-15-11-20-22(12-16(15)2)30-21-4-3-17(13-19(21)24(29)27-20)18-5-6-26-23(14-18)28-9-7-25-8-10-28/h3-6,11-14,25H,7-10H2,1-2H3,(H,27,29). The Labute approximate surface area is 175 Å². The van der Waals surface area contributed by atoms with Gasteiger partial charge in [-0.1, -0.05) is 6.07 Å². The SMILES string of the molecule is Cc1cc2c(cc1C)Oc1ccc(-c3ccnc(N4CCNCC4)c3)cc1C(=O)N2. The van der Waals surface area contributed by atoms with Crippen molar-refractivity contribution in [3.05, 3.63) is 65.4 Å². The van der Waals surface area contributed by atoms with E-state index < -0.39 is 0 Å². The van der Waals surface area contributed by atoms with Crippen LogP contribution in [0.5, 0.6) is 11.5 Å². The van der Waals surface area contributed by atoms with Gasteiger partial charge in [0.2, 0.25) is 0 Å².